The molecule has 0 spiro atoms. The molecule has 1 amide bonds. The van der Waals surface area contributed by atoms with Crippen LogP contribution in [0.4, 0.5) is 0 Å². The number of rotatable bonds is 6. The minimum absolute atomic E-state index is 0.0720. The SMILES string of the molecule is CCC(CC)NC(=O)Cn1ccn(C2CC2)c1=O. The molecule has 1 N–H and O–H groups in total. The molecule has 0 atom stereocenters. The zero-order valence-corrected chi connectivity index (χ0v) is 11.1. The Balaban J connectivity index is 1.96. The van der Waals surface area contributed by atoms with Crippen LogP contribution in [0.3, 0.4) is 0 Å². The van der Waals surface area contributed by atoms with Crippen molar-refractivity contribution in [3.05, 3.63) is 22.9 Å². The number of imidazole rings is 1. The zero-order valence-electron chi connectivity index (χ0n) is 11.1. The van der Waals surface area contributed by atoms with Gasteiger partial charge in [0.2, 0.25) is 5.91 Å². The third-order valence-corrected chi connectivity index (χ3v) is 3.48. The quantitative estimate of drug-likeness (QED) is 0.828. The van der Waals surface area contributed by atoms with Crippen molar-refractivity contribution in [2.45, 2.75) is 58.2 Å². The summed E-state index contributed by atoms with van der Waals surface area (Å²) in [7, 11) is 0. The van der Waals surface area contributed by atoms with Crippen molar-refractivity contribution >= 4 is 5.91 Å². The van der Waals surface area contributed by atoms with E-state index in [4.69, 9.17) is 0 Å². The number of hydrogen-bond acceptors (Lipinski definition) is 2. The highest BCUT2D eigenvalue weighted by atomic mass is 16.2. The maximum Gasteiger partial charge on any atom is 0.328 e. The number of hydrogen-bond donors (Lipinski definition) is 1. The predicted molar refractivity (Wildman–Crippen MR) is 69.5 cm³/mol. The fraction of sp³-hybridized carbons (Fsp3) is 0.692. The topological polar surface area (TPSA) is 56.0 Å². The summed E-state index contributed by atoms with van der Waals surface area (Å²) in [5.41, 5.74) is -0.0720. The van der Waals surface area contributed by atoms with Crippen molar-refractivity contribution < 1.29 is 4.79 Å². The van der Waals surface area contributed by atoms with Crippen LogP contribution in [-0.4, -0.2) is 21.1 Å². The van der Waals surface area contributed by atoms with Gasteiger partial charge >= 0.3 is 5.69 Å². The fourth-order valence-electron chi connectivity index (χ4n) is 2.10. The fourth-order valence-corrected chi connectivity index (χ4v) is 2.10. The summed E-state index contributed by atoms with van der Waals surface area (Å²) < 4.78 is 3.21. The van der Waals surface area contributed by atoms with Gasteiger partial charge in [0, 0.05) is 24.5 Å². The molecule has 1 aromatic rings. The Bertz CT molecular complexity index is 467. The molecule has 0 aliphatic heterocycles. The third kappa shape index (κ3) is 2.83. The summed E-state index contributed by atoms with van der Waals surface area (Å²) in [5, 5.41) is 2.94. The van der Waals surface area contributed by atoms with E-state index in [1.807, 2.05) is 13.8 Å². The number of nitrogens with zero attached hydrogens (tertiary/aromatic N) is 2. The minimum Gasteiger partial charge on any atom is -0.352 e. The maximum atomic E-state index is 12.0. The highest BCUT2D eigenvalue weighted by Gasteiger charge is 2.25. The van der Waals surface area contributed by atoms with E-state index in [0.717, 1.165) is 25.7 Å². The predicted octanol–water partition coefficient (Wildman–Crippen LogP) is 1.29. The molecule has 18 heavy (non-hydrogen) atoms. The van der Waals surface area contributed by atoms with Crippen LogP contribution in [0.25, 0.3) is 0 Å². The van der Waals surface area contributed by atoms with E-state index in [9.17, 15) is 9.59 Å². The Morgan fingerprint density at radius 3 is 2.61 bits per heavy atom. The van der Waals surface area contributed by atoms with Gasteiger partial charge in [0.1, 0.15) is 6.54 Å². The molecule has 1 aromatic heterocycles. The first-order valence-electron chi connectivity index (χ1n) is 6.72. The van der Waals surface area contributed by atoms with Gasteiger partial charge in [-0.25, -0.2) is 4.79 Å². The molecule has 0 aromatic carbocycles. The van der Waals surface area contributed by atoms with Crippen molar-refractivity contribution in [3.63, 3.8) is 0 Å². The third-order valence-electron chi connectivity index (χ3n) is 3.48. The summed E-state index contributed by atoms with van der Waals surface area (Å²) >= 11 is 0. The first-order chi connectivity index (χ1) is 8.65. The second-order valence-electron chi connectivity index (χ2n) is 4.93. The summed E-state index contributed by atoms with van der Waals surface area (Å²) in [6, 6.07) is 0.569. The average Bonchev–Trinajstić information content (AvgIpc) is 3.14. The summed E-state index contributed by atoms with van der Waals surface area (Å²) in [6.07, 6.45) is 7.46. The molecule has 1 heterocycles. The Morgan fingerprint density at radius 2 is 2.06 bits per heavy atom. The van der Waals surface area contributed by atoms with Crippen LogP contribution in [0.15, 0.2) is 17.2 Å². The monoisotopic (exact) mass is 251 g/mol. The minimum atomic E-state index is -0.0839. The number of amides is 1. The van der Waals surface area contributed by atoms with Gasteiger partial charge in [0.05, 0.1) is 0 Å². The van der Waals surface area contributed by atoms with E-state index < -0.39 is 0 Å². The number of carbonyl (C=O) groups excluding carboxylic acids is 1. The first kappa shape index (κ1) is 12.9. The van der Waals surface area contributed by atoms with E-state index >= 15 is 0 Å². The lowest BCUT2D eigenvalue weighted by molar-refractivity contribution is -0.122. The molecule has 0 radical (unpaired) electrons. The van der Waals surface area contributed by atoms with Crippen molar-refractivity contribution in [2.24, 2.45) is 0 Å². The molecule has 0 unspecified atom stereocenters. The lowest BCUT2D eigenvalue weighted by Gasteiger charge is -2.14. The van der Waals surface area contributed by atoms with Crippen LogP contribution in [0, 0.1) is 0 Å². The smallest absolute Gasteiger partial charge is 0.328 e. The Hall–Kier alpha value is -1.52. The largest absolute Gasteiger partial charge is 0.352 e. The van der Waals surface area contributed by atoms with Gasteiger partial charge < -0.3 is 5.32 Å². The highest BCUT2D eigenvalue weighted by molar-refractivity contribution is 5.76. The van der Waals surface area contributed by atoms with Crippen LogP contribution >= 0.6 is 0 Å². The summed E-state index contributed by atoms with van der Waals surface area (Å²) in [4.78, 5) is 23.8. The Kier molecular flexibility index (Phi) is 3.89. The van der Waals surface area contributed by atoms with Gasteiger partial charge in [-0.1, -0.05) is 13.8 Å². The molecule has 0 bridgehead atoms. The molecule has 1 saturated carbocycles. The van der Waals surface area contributed by atoms with Crippen LogP contribution in [0.2, 0.25) is 0 Å². The molecular formula is C13H21N3O2. The zero-order chi connectivity index (χ0) is 13.1. The molecular weight excluding hydrogens is 230 g/mol. The van der Waals surface area contributed by atoms with Crippen molar-refractivity contribution in [1.82, 2.24) is 14.5 Å². The number of nitrogens with one attached hydrogen (secondary N) is 1. The molecule has 100 valence electrons. The normalized spacial score (nSPS) is 15.1. The molecule has 1 aliphatic carbocycles. The van der Waals surface area contributed by atoms with Gasteiger partial charge in [-0.05, 0) is 25.7 Å². The number of aromatic nitrogens is 2. The Morgan fingerprint density at radius 1 is 1.39 bits per heavy atom. The molecule has 0 saturated heterocycles. The molecule has 2 rings (SSSR count). The number of carbonyl (C=O) groups is 1. The lowest BCUT2D eigenvalue weighted by atomic mass is 10.2. The van der Waals surface area contributed by atoms with E-state index in [1.54, 1.807) is 17.0 Å². The van der Waals surface area contributed by atoms with E-state index in [2.05, 4.69) is 5.32 Å². The maximum absolute atomic E-state index is 12.0. The van der Waals surface area contributed by atoms with E-state index in [-0.39, 0.29) is 24.2 Å². The van der Waals surface area contributed by atoms with Gasteiger partial charge in [-0.3, -0.25) is 13.9 Å². The molecule has 5 heteroatoms. The van der Waals surface area contributed by atoms with Gasteiger partial charge in [-0.15, -0.1) is 0 Å². The van der Waals surface area contributed by atoms with E-state index in [0.29, 0.717) is 6.04 Å². The average molecular weight is 251 g/mol. The standard InChI is InChI=1S/C13H21N3O2/c1-3-10(4-2)14-12(17)9-15-7-8-16(13(15)18)11-5-6-11/h7-8,10-11H,3-6,9H2,1-2H3,(H,14,17). The first-order valence-corrected chi connectivity index (χ1v) is 6.72. The van der Waals surface area contributed by atoms with Crippen molar-refractivity contribution in [3.8, 4) is 0 Å². The van der Waals surface area contributed by atoms with Crippen LogP contribution in [0.5, 0.6) is 0 Å². The van der Waals surface area contributed by atoms with Crippen molar-refractivity contribution in [1.29, 1.82) is 0 Å². The molecule has 1 fully saturated rings. The van der Waals surface area contributed by atoms with Crippen molar-refractivity contribution in [2.75, 3.05) is 0 Å². The molecule has 1 aliphatic rings. The van der Waals surface area contributed by atoms with Crippen LogP contribution in [0.1, 0.15) is 45.6 Å². The lowest BCUT2D eigenvalue weighted by Crippen LogP contribution is -2.38. The molecule has 5 nitrogen and oxygen atoms in total. The Labute approximate surface area is 107 Å². The van der Waals surface area contributed by atoms with Gasteiger partial charge in [-0.2, -0.15) is 0 Å². The van der Waals surface area contributed by atoms with E-state index in [1.165, 1.54) is 4.57 Å². The van der Waals surface area contributed by atoms with Gasteiger partial charge in [0.25, 0.3) is 0 Å². The summed E-state index contributed by atoms with van der Waals surface area (Å²) in [6.45, 7) is 4.21. The second-order valence-corrected chi connectivity index (χ2v) is 4.93. The van der Waals surface area contributed by atoms with Crippen LogP contribution < -0.4 is 11.0 Å². The van der Waals surface area contributed by atoms with Crippen LogP contribution in [-0.2, 0) is 11.3 Å². The summed E-state index contributed by atoms with van der Waals surface area (Å²) in [5.74, 6) is -0.0839. The highest BCUT2D eigenvalue weighted by Crippen LogP contribution is 2.33. The van der Waals surface area contributed by atoms with Gasteiger partial charge in [0.15, 0.2) is 0 Å². The second kappa shape index (κ2) is 5.42.